The van der Waals surface area contributed by atoms with E-state index in [1.165, 1.54) is 16.3 Å². The molecule has 0 aliphatic carbocycles. The fraction of sp³-hybridized carbons (Fsp3) is 0.0526. The molecule has 46 heavy (non-hydrogen) atoms. The fourth-order valence-electron chi connectivity index (χ4n) is 5.89. The Morgan fingerprint density at radius 1 is 0.457 bits per heavy atom. The number of hydrogen-bond acceptors (Lipinski definition) is 4. The summed E-state index contributed by atoms with van der Waals surface area (Å²) in [5.41, 5.74) is 2.29. The Hall–Kier alpha value is -4.63. The highest BCUT2D eigenvalue weighted by Gasteiger charge is 2.31. The highest BCUT2D eigenvalue weighted by molar-refractivity contribution is 7.97. The summed E-state index contributed by atoms with van der Waals surface area (Å²) in [4.78, 5) is 3.81. The summed E-state index contributed by atoms with van der Waals surface area (Å²) in [5.74, 6) is 0. The summed E-state index contributed by atoms with van der Waals surface area (Å²) < 4.78 is 55.7. The van der Waals surface area contributed by atoms with Gasteiger partial charge in [0, 0.05) is 28.9 Å². The number of rotatable bonds is 8. The Kier molecular flexibility index (Phi) is 7.80. The smallest absolute Gasteiger partial charge is 0.206 e. The predicted molar refractivity (Wildman–Crippen MR) is 184 cm³/mol. The van der Waals surface area contributed by atoms with Crippen LogP contribution in [0.5, 0.6) is 0 Å². The summed E-state index contributed by atoms with van der Waals surface area (Å²) >= 11 is 0. The molecule has 7 rings (SSSR count). The molecule has 0 spiro atoms. The van der Waals surface area contributed by atoms with Gasteiger partial charge >= 0.3 is 0 Å². The van der Waals surface area contributed by atoms with Crippen molar-refractivity contribution in [1.29, 1.82) is 0 Å². The molecule has 1 aromatic heterocycles. The van der Waals surface area contributed by atoms with Crippen molar-refractivity contribution >= 4 is 52.4 Å². The van der Waals surface area contributed by atoms with Crippen molar-refractivity contribution in [1.82, 2.24) is 4.57 Å². The molecule has 0 N–H and O–H groups in total. The van der Waals surface area contributed by atoms with E-state index < -0.39 is 30.6 Å². The summed E-state index contributed by atoms with van der Waals surface area (Å²) in [6, 6.07) is 45.8. The van der Waals surface area contributed by atoms with Crippen molar-refractivity contribution in [3.8, 4) is 0 Å². The highest BCUT2D eigenvalue weighted by atomic mass is 32.2. The van der Waals surface area contributed by atoms with Gasteiger partial charge in [-0.25, -0.2) is 16.8 Å². The SMILES string of the molecule is CCn1c2ccccc2c2ccc([S+](c3ccc(S(=O)(=O)c4ccccc4)cc3)c3ccc(S(=O)(=O)c4ccccc4)cc3)cc21. The number of nitrogens with zero attached hydrogens (tertiary/aromatic N) is 1. The third kappa shape index (κ3) is 5.22. The first kappa shape index (κ1) is 30.0. The van der Waals surface area contributed by atoms with Crippen molar-refractivity contribution in [3.63, 3.8) is 0 Å². The lowest BCUT2D eigenvalue weighted by Crippen LogP contribution is -2.08. The molecule has 1 heterocycles. The maximum absolute atomic E-state index is 13.3. The number of sulfone groups is 2. The van der Waals surface area contributed by atoms with E-state index in [2.05, 4.69) is 54.0 Å². The molecule has 5 nitrogen and oxygen atoms in total. The number of aryl methyl sites for hydroxylation is 1. The summed E-state index contributed by atoms with van der Waals surface area (Å²) in [6.07, 6.45) is 0. The molecule has 0 fully saturated rings. The lowest BCUT2D eigenvalue weighted by atomic mass is 10.2. The Morgan fingerprint density at radius 2 is 0.870 bits per heavy atom. The summed E-state index contributed by atoms with van der Waals surface area (Å²) in [5, 5.41) is 2.36. The standard InChI is InChI=1S/C38H30NO4S3/c1-2-39-37-16-10-9-15-35(37)36-26-21-30(27-38(36)39)44(28-17-22-33(23-18-28)45(40,41)31-11-5-3-6-12-31)29-19-24-34(25-20-29)46(42,43)32-13-7-4-8-14-32/h3-27H,2H2,1H3/q+1. The zero-order chi connectivity index (χ0) is 31.9. The van der Waals surface area contributed by atoms with Gasteiger partial charge in [-0.15, -0.1) is 0 Å². The number of aromatic nitrogens is 1. The average Bonchev–Trinajstić information content (AvgIpc) is 3.42. The van der Waals surface area contributed by atoms with Gasteiger partial charge in [0.05, 0.1) is 36.0 Å². The van der Waals surface area contributed by atoms with Crippen LogP contribution in [0, 0.1) is 0 Å². The van der Waals surface area contributed by atoms with Crippen LogP contribution in [0.15, 0.2) is 186 Å². The third-order valence-corrected chi connectivity index (χ3v) is 13.9. The monoisotopic (exact) mass is 660 g/mol. The lowest BCUT2D eigenvalue weighted by molar-refractivity contribution is 0.594. The van der Waals surface area contributed by atoms with E-state index in [-0.39, 0.29) is 19.6 Å². The maximum Gasteiger partial charge on any atom is 0.206 e. The fourth-order valence-corrected chi connectivity index (χ4v) is 10.5. The number of hydrogen-bond donors (Lipinski definition) is 0. The minimum Gasteiger partial charge on any atom is -0.341 e. The van der Waals surface area contributed by atoms with Gasteiger partial charge in [-0.3, -0.25) is 0 Å². The van der Waals surface area contributed by atoms with Crippen molar-refractivity contribution in [3.05, 3.63) is 152 Å². The quantitative estimate of drug-likeness (QED) is 0.153. The second-order valence-corrected chi connectivity index (χ2v) is 16.7. The summed E-state index contributed by atoms with van der Waals surface area (Å²) in [7, 11) is -8.02. The van der Waals surface area contributed by atoms with Gasteiger partial charge in [-0.1, -0.05) is 54.6 Å². The van der Waals surface area contributed by atoms with E-state index in [0.717, 1.165) is 26.7 Å². The topological polar surface area (TPSA) is 73.2 Å². The minimum absolute atomic E-state index is 0.219. The Bertz CT molecular complexity index is 2290. The molecular formula is C38H30NO4S3+. The van der Waals surface area contributed by atoms with E-state index in [1.54, 1.807) is 84.9 Å². The van der Waals surface area contributed by atoms with Gasteiger partial charge in [-0.2, -0.15) is 0 Å². The minimum atomic E-state index is -3.68. The first-order chi connectivity index (χ1) is 22.3. The van der Waals surface area contributed by atoms with Gasteiger partial charge < -0.3 is 4.57 Å². The molecule has 0 saturated carbocycles. The molecule has 0 amide bonds. The van der Waals surface area contributed by atoms with E-state index in [0.29, 0.717) is 0 Å². The molecule has 228 valence electrons. The number of benzene rings is 6. The molecule has 0 radical (unpaired) electrons. The third-order valence-electron chi connectivity index (χ3n) is 8.14. The normalized spacial score (nSPS) is 12.2. The molecule has 0 saturated heterocycles. The largest absolute Gasteiger partial charge is 0.341 e. The second kappa shape index (κ2) is 11.9. The van der Waals surface area contributed by atoms with Crippen LogP contribution in [0.4, 0.5) is 0 Å². The zero-order valence-electron chi connectivity index (χ0n) is 24.9. The van der Waals surface area contributed by atoms with Crippen molar-refractivity contribution in [2.75, 3.05) is 0 Å². The number of para-hydroxylation sites is 1. The van der Waals surface area contributed by atoms with Crippen LogP contribution in [0.1, 0.15) is 6.92 Å². The van der Waals surface area contributed by atoms with Crippen LogP contribution in [-0.2, 0) is 37.1 Å². The zero-order valence-corrected chi connectivity index (χ0v) is 27.4. The predicted octanol–water partition coefficient (Wildman–Crippen LogP) is 8.58. The molecule has 0 aliphatic rings. The molecule has 0 unspecified atom stereocenters. The van der Waals surface area contributed by atoms with Crippen LogP contribution in [-0.4, -0.2) is 21.4 Å². The van der Waals surface area contributed by atoms with Crippen LogP contribution >= 0.6 is 0 Å². The summed E-state index contributed by atoms with van der Waals surface area (Å²) in [6.45, 7) is 2.94. The highest BCUT2D eigenvalue weighted by Crippen LogP contribution is 2.37. The molecular weight excluding hydrogens is 631 g/mol. The van der Waals surface area contributed by atoms with Crippen LogP contribution in [0.2, 0.25) is 0 Å². The van der Waals surface area contributed by atoms with Gasteiger partial charge in [0.1, 0.15) is 0 Å². The van der Waals surface area contributed by atoms with E-state index >= 15 is 0 Å². The second-order valence-electron chi connectivity index (χ2n) is 10.8. The molecule has 7 aromatic rings. The first-order valence-electron chi connectivity index (χ1n) is 14.8. The average molecular weight is 661 g/mol. The van der Waals surface area contributed by atoms with Gasteiger partial charge in [0.25, 0.3) is 0 Å². The van der Waals surface area contributed by atoms with Crippen molar-refractivity contribution in [2.24, 2.45) is 0 Å². The van der Waals surface area contributed by atoms with Gasteiger partial charge in [0.2, 0.25) is 19.7 Å². The lowest BCUT2D eigenvalue weighted by Gasteiger charge is -2.11. The molecule has 0 bridgehead atoms. The molecule has 0 atom stereocenters. The Labute approximate surface area is 272 Å². The Balaban J connectivity index is 1.36. The van der Waals surface area contributed by atoms with Crippen LogP contribution in [0.3, 0.4) is 0 Å². The molecule has 0 aliphatic heterocycles. The molecule has 8 heteroatoms. The van der Waals surface area contributed by atoms with Gasteiger partial charge in [-0.05, 0) is 97.9 Å². The van der Waals surface area contributed by atoms with E-state index in [4.69, 9.17) is 0 Å². The molecule has 6 aromatic carbocycles. The van der Waals surface area contributed by atoms with E-state index in [1.807, 2.05) is 24.3 Å². The Morgan fingerprint density at radius 3 is 1.37 bits per heavy atom. The maximum atomic E-state index is 13.3. The van der Waals surface area contributed by atoms with Crippen molar-refractivity contribution in [2.45, 2.75) is 47.7 Å². The first-order valence-corrected chi connectivity index (χ1v) is 19.0. The van der Waals surface area contributed by atoms with Crippen LogP contribution in [0.25, 0.3) is 21.8 Å². The van der Waals surface area contributed by atoms with Crippen molar-refractivity contribution < 1.29 is 16.8 Å². The van der Waals surface area contributed by atoms with Crippen LogP contribution < -0.4 is 0 Å². The number of fused-ring (bicyclic) bond motifs is 3. The van der Waals surface area contributed by atoms with E-state index in [9.17, 15) is 16.8 Å². The van der Waals surface area contributed by atoms with Gasteiger partial charge in [0.15, 0.2) is 14.7 Å².